The molecule has 3 N–H and O–H groups in total. The average Bonchev–Trinajstić information content (AvgIpc) is 3.26. The predicted molar refractivity (Wildman–Crippen MR) is 135 cm³/mol. The second-order valence-corrected chi connectivity index (χ2v) is 10.5. The maximum atomic E-state index is 9.00. The van der Waals surface area contributed by atoms with E-state index in [2.05, 4.69) is 38.6 Å². The van der Waals surface area contributed by atoms with Crippen LogP contribution >= 0.6 is 23.1 Å². The number of rotatable bonds is 2. The third kappa shape index (κ3) is 7.14. The van der Waals surface area contributed by atoms with Gasteiger partial charge in [-0.2, -0.15) is 11.8 Å². The van der Waals surface area contributed by atoms with Crippen molar-refractivity contribution in [2.75, 3.05) is 49.2 Å². The van der Waals surface area contributed by atoms with Crippen molar-refractivity contribution < 1.29 is 24.5 Å². The predicted octanol–water partition coefficient (Wildman–Crippen LogP) is 3.09. The summed E-state index contributed by atoms with van der Waals surface area (Å²) in [4.78, 5) is 23.0. The summed E-state index contributed by atoms with van der Waals surface area (Å²) in [6.07, 6.45) is 3.15. The molecular weight excluding hydrogens is 476 g/mol. The van der Waals surface area contributed by atoms with Crippen LogP contribution in [0.1, 0.15) is 37.1 Å². The van der Waals surface area contributed by atoms with Gasteiger partial charge in [0.05, 0.1) is 11.5 Å². The van der Waals surface area contributed by atoms with Gasteiger partial charge < -0.3 is 25.2 Å². The van der Waals surface area contributed by atoms with Gasteiger partial charge in [-0.05, 0) is 56.1 Å². The highest BCUT2D eigenvalue weighted by Crippen LogP contribution is 2.46. The Kier molecular flexibility index (Phi) is 9.69. The molecule has 0 aromatic carbocycles. The molecule has 3 aliphatic heterocycles. The van der Waals surface area contributed by atoms with Gasteiger partial charge >= 0.3 is 0 Å². The van der Waals surface area contributed by atoms with Gasteiger partial charge in [0, 0.05) is 43.3 Å². The minimum atomic E-state index is -0.833. The summed E-state index contributed by atoms with van der Waals surface area (Å²) >= 11 is 3.88. The second-order valence-electron chi connectivity index (χ2n) is 8.22. The fourth-order valence-electron chi connectivity index (χ4n) is 4.17. The van der Waals surface area contributed by atoms with Gasteiger partial charge in [0.25, 0.3) is 11.9 Å². The molecule has 0 bridgehead atoms. The van der Waals surface area contributed by atoms with E-state index in [9.17, 15) is 0 Å². The molecule has 9 nitrogen and oxygen atoms in total. The number of carboxylic acid groups (broad SMARTS) is 2. The summed E-state index contributed by atoms with van der Waals surface area (Å²) in [5.41, 5.74) is 2.38. The number of thioether (sulfide) groups is 1. The Morgan fingerprint density at radius 2 is 1.74 bits per heavy atom. The Labute approximate surface area is 207 Å². The number of hydrogen-bond acceptors (Lipinski definition) is 9. The van der Waals surface area contributed by atoms with Crippen molar-refractivity contribution in [1.29, 1.82) is 0 Å². The van der Waals surface area contributed by atoms with E-state index < -0.39 is 11.9 Å². The van der Waals surface area contributed by atoms with E-state index in [4.69, 9.17) is 24.5 Å². The molecule has 0 saturated carbocycles. The number of aliphatic carboxylic acids is 2. The fraction of sp³-hybridized carbons (Fsp3) is 0.565. The van der Waals surface area contributed by atoms with Gasteiger partial charge in [0.1, 0.15) is 11.3 Å². The molecule has 0 amide bonds. The Balaban J connectivity index is 0.000000355. The molecule has 2 saturated heterocycles. The first-order valence-corrected chi connectivity index (χ1v) is 13.3. The van der Waals surface area contributed by atoms with Gasteiger partial charge in [-0.25, -0.2) is 0 Å². The zero-order valence-electron chi connectivity index (χ0n) is 19.6. The summed E-state index contributed by atoms with van der Waals surface area (Å²) < 4.78 is 6.31. The number of thiophene rings is 1. The standard InChI is InChI=1S/C19H24N4OS2.2C2H4O2/c1-2-17(23-8-11-25-12-9-23)22-21-15(1)16-13-14-3-10-24-19(18(14)26-16)4-6-20-7-5-19;2*1-2(3)4/h1-2,13,20H,3-12H2;2*1H3,(H,3,4). The molecule has 0 aliphatic carbocycles. The molecule has 11 heteroatoms. The number of carbonyl (C=O) groups is 2. The van der Waals surface area contributed by atoms with Crippen LogP contribution in [0, 0.1) is 0 Å². The lowest BCUT2D eigenvalue weighted by Crippen LogP contribution is -2.43. The smallest absolute Gasteiger partial charge is 0.300 e. The van der Waals surface area contributed by atoms with Crippen LogP contribution in [-0.4, -0.2) is 76.6 Å². The third-order valence-corrected chi connectivity index (χ3v) is 7.95. The van der Waals surface area contributed by atoms with Crippen LogP contribution in [0.25, 0.3) is 10.6 Å². The normalized spacial score (nSPS) is 18.6. The monoisotopic (exact) mass is 508 g/mol. The number of hydrogen-bond donors (Lipinski definition) is 3. The Morgan fingerprint density at radius 3 is 2.32 bits per heavy atom. The lowest BCUT2D eigenvalue weighted by molar-refractivity contribution is -0.135. The van der Waals surface area contributed by atoms with Crippen molar-refractivity contribution >= 4 is 40.9 Å². The van der Waals surface area contributed by atoms with Crippen LogP contribution < -0.4 is 10.2 Å². The van der Waals surface area contributed by atoms with Crippen molar-refractivity contribution in [2.24, 2.45) is 0 Å². The quantitative estimate of drug-likeness (QED) is 0.557. The Hall–Kier alpha value is -2.21. The summed E-state index contributed by atoms with van der Waals surface area (Å²) in [6.45, 7) is 7.21. The minimum Gasteiger partial charge on any atom is -0.481 e. The highest BCUT2D eigenvalue weighted by atomic mass is 32.2. The van der Waals surface area contributed by atoms with E-state index >= 15 is 0 Å². The molecule has 2 aromatic rings. The van der Waals surface area contributed by atoms with Gasteiger partial charge in [0.2, 0.25) is 0 Å². The highest BCUT2D eigenvalue weighted by molar-refractivity contribution is 7.99. The van der Waals surface area contributed by atoms with Gasteiger partial charge in [-0.15, -0.1) is 21.5 Å². The summed E-state index contributed by atoms with van der Waals surface area (Å²) in [5.74, 6) is 1.70. The van der Waals surface area contributed by atoms with E-state index in [0.717, 1.165) is 77.4 Å². The van der Waals surface area contributed by atoms with Crippen LogP contribution in [0.15, 0.2) is 18.2 Å². The van der Waals surface area contributed by atoms with Crippen molar-refractivity contribution in [3.63, 3.8) is 0 Å². The number of fused-ring (bicyclic) bond motifs is 2. The van der Waals surface area contributed by atoms with Crippen LogP contribution in [0.3, 0.4) is 0 Å². The maximum absolute atomic E-state index is 9.00. The van der Waals surface area contributed by atoms with Crippen LogP contribution in [-0.2, 0) is 26.3 Å². The molecule has 5 rings (SSSR count). The van der Waals surface area contributed by atoms with Crippen LogP contribution in [0.4, 0.5) is 5.82 Å². The number of piperidine rings is 1. The average molecular weight is 509 g/mol. The van der Waals surface area contributed by atoms with Crippen molar-refractivity contribution in [1.82, 2.24) is 15.5 Å². The van der Waals surface area contributed by atoms with Crippen LogP contribution in [0.5, 0.6) is 0 Å². The van der Waals surface area contributed by atoms with Crippen molar-refractivity contribution in [3.8, 4) is 10.6 Å². The SMILES string of the molecule is CC(=O)O.CC(=O)O.c1cc(N2CCSCC2)nnc1-c1cc2c(s1)C1(CCNCC1)OCC2. The zero-order chi connectivity index (χ0) is 24.6. The molecule has 5 heterocycles. The van der Waals surface area contributed by atoms with Gasteiger partial charge in [-0.1, -0.05) is 0 Å². The number of nitrogens with zero attached hydrogens (tertiary/aromatic N) is 3. The van der Waals surface area contributed by atoms with Gasteiger partial charge in [0.15, 0.2) is 5.82 Å². The lowest BCUT2D eigenvalue weighted by atomic mass is 9.86. The molecule has 34 heavy (non-hydrogen) atoms. The number of ether oxygens (including phenoxy) is 1. The number of aromatic nitrogens is 2. The Morgan fingerprint density at radius 1 is 1.09 bits per heavy atom. The van der Waals surface area contributed by atoms with E-state index in [0.29, 0.717) is 0 Å². The summed E-state index contributed by atoms with van der Waals surface area (Å²) in [6, 6.07) is 6.60. The molecule has 1 spiro atoms. The third-order valence-electron chi connectivity index (χ3n) is 5.62. The highest BCUT2D eigenvalue weighted by Gasteiger charge is 2.40. The zero-order valence-corrected chi connectivity index (χ0v) is 21.2. The fourth-order valence-corrected chi connectivity index (χ4v) is 6.45. The molecule has 0 unspecified atom stereocenters. The van der Waals surface area contributed by atoms with E-state index in [1.54, 1.807) is 0 Å². The first-order valence-electron chi connectivity index (χ1n) is 11.3. The van der Waals surface area contributed by atoms with Crippen LogP contribution in [0.2, 0.25) is 0 Å². The van der Waals surface area contributed by atoms with Crippen molar-refractivity contribution in [3.05, 3.63) is 28.6 Å². The van der Waals surface area contributed by atoms with E-state index in [1.807, 2.05) is 23.1 Å². The largest absolute Gasteiger partial charge is 0.481 e. The Bertz CT molecular complexity index is 935. The summed E-state index contributed by atoms with van der Waals surface area (Å²) in [5, 5.41) is 27.4. The first-order chi connectivity index (χ1) is 16.3. The van der Waals surface area contributed by atoms with E-state index in [1.165, 1.54) is 26.8 Å². The molecular formula is C23H32N4O5S2. The second kappa shape index (κ2) is 12.5. The number of anilines is 1. The molecule has 186 valence electrons. The maximum Gasteiger partial charge on any atom is 0.300 e. The minimum absolute atomic E-state index is 0.0689. The van der Waals surface area contributed by atoms with E-state index in [-0.39, 0.29) is 5.60 Å². The summed E-state index contributed by atoms with van der Waals surface area (Å²) in [7, 11) is 0. The molecule has 0 radical (unpaired) electrons. The lowest BCUT2D eigenvalue weighted by Gasteiger charge is -2.40. The van der Waals surface area contributed by atoms with Gasteiger partial charge in [-0.3, -0.25) is 9.59 Å². The topological polar surface area (TPSA) is 125 Å². The first kappa shape index (κ1) is 26.4. The molecule has 3 aliphatic rings. The van der Waals surface area contributed by atoms with Crippen molar-refractivity contribution in [2.45, 2.75) is 38.7 Å². The molecule has 2 fully saturated rings. The molecule has 0 atom stereocenters. The number of carboxylic acids is 2. The molecule has 2 aromatic heterocycles. The number of nitrogens with one attached hydrogen (secondary N) is 1.